The fraction of sp³-hybridized carbons (Fsp3) is 0.143. The number of benzene rings is 2. The average molecular weight is 444 g/mol. The Morgan fingerprint density at radius 1 is 0.969 bits per heavy atom. The normalized spacial score (nSPS) is 12.5. The largest absolute Gasteiger partial charge is 0.453 e. The van der Waals surface area contributed by atoms with Gasteiger partial charge >= 0.3 is 6.18 Å². The number of aromatic nitrogens is 4. The van der Waals surface area contributed by atoms with E-state index in [1.165, 1.54) is 36.4 Å². The lowest BCUT2D eigenvalue weighted by atomic mass is 10.1. The zero-order valence-corrected chi connectivity index (χ0v) is 16.6. The van der Waals surface area contributed by atoms with Crippen LogP contribution >= 0.6 is 0 Å². The lowest BCUT2D eigenvalue weighted by Gasteiger charge is -2.16. The molecule has 0 aliphatic heterocycles. The Hall–Kier alpha value is -4.02. The van der Waals surface area contributed by atoms with Crippen LogP contribution in [-0.2, 0) is 6.18 Å². The molecule has 1 amide bonds. The summed E-state index contributed by atoms with van der Waals surface area (Å²) in [4.78, 5) is 12.2. The van der Waals surface area contributed by atoms with Crippen molar-refractivity contribution < 1.29 is 22.4 Å². The summed E-state index contributed by atoms with van der Waals surface area (Å²) in [6, 6.07) is 14.7. The third kappa shape index (κ3) is 4.51. The number of halogens is 4. The second-order valence-electron chi connectivity index (χ2n) is 6.96. The number of nitrogens with zero attached hydrogens (tertiary/aromatic N) is 4. The van der Waals surface area contributed by atoms with E-state index in [-0.39, 0.29) is 23.4 Å². The third-order valence-electron chi connectivity index (χ3n) is 4.66. The van der Waals surface area contributed by atoms with Crippen LogP contribution in [0.15, 0.2) is 60.7 Å². The minimum absolute atomic E-state index is 0.0169. The Bertz CT molecular complexity index is 1250. The van der Waals surface area contributed by atoms with Crippen LogP contribution in [0.3, 0.4) is 0 Å². The molecule has 0 fully saturated rings. The molecule has 0 saturated carbocycles. The lowest BCUT2D eigenvalue weighted by Crippen LogP contribution is -2.15. The van der Waals surface area contributed by atoms with Crippen molar-refractivity contribution in [1.29, 1.82) is 0 Å². The van der Waals surface area contributed by atoms with Gasteiger partial charge in [0.2, 0.25) is 0 Å². The number of rotatable bonds is 5. The molecule has 1 atom stereocenters. The van der Waals surface area contributed by atoms with E-state index in [9.17, 15) is 22.4 Å². The molecule has 0 aliphatic carbocycles. The maximum Gasteiger partial charge on any atom is 0.453 e. The van der Waals surface area contributed by atoms with Gasteiger partial charge in [-0.3, -0.25) is 4.79 Å². The van der Waals surface area contributed by atoms with Gasteiger partial charge in [0.05, 0.1) is 0 Å². The number of alkyl halides is 3. The quantitative estimate of drug-likeness (QED) is 0.436. The molecule has 2 heterocycles. The summed E-state index contributed by atoms with van der Waals surface area (Å²) in [5.74, 6) is -1.80. The highest BCUT2D eigenvalue weighted by atomic mass is 19.4. The number of nitrogens with one attached hydrogen (secondary N) is 2. The summed E-state index contributed by atoms with van der Waals surface area (Å²) >= 11 is 0. The van der Waals surface area contributed by atoms with E-state index in [0.29, 0.717) is 15.8 Å². The van der Waals surface area contributed by atoms with Crippen LogP contribution < -0.4 is 10.6 Å². The van der Waals surface area contributed by atoms with E-state index >= 15 is 0 Å². The Kier molecular flexibility index (Phi) is 5.47. The predicted molar refractivity (Wildman–Crippen MR) is 109 cm³/mol. The molecule has 0 aliphatic rings. The molecule has 11 heteroatoms. The summed E-state index contributed by atoms with van der Waals surface area (Å²) in [5.41, 5.74) is 1.65. The first-order chi connectivity index (χ1) is 15.2. The van der Waals surface area contributed by atoms with Crippen molar-refractivity contribution in [2.24, 2.45) is 0 Å². The van der Waals surface area contributed by atoms with Gasteiger partial charge in [0.15, 0.2) is 5.65 Å². The molecular weight excluding hydrogens is 428 g/mol. The number of carbonyl (C=O) groups excluding carboxylic acids is 1. The first-order valence-electron chi connectivity index (χ1n) is 9.44. The SMILES string of the molecule is CC(Nc1ccc2nnc(C(F)(F)F)n2n1)c1ccc(NC(=O)c2ccc(F)cc2)cc1. The smallest absolute Gasteiger partial charge is 0.362 e. The van der Waals surface area contributed by atoms with Gasteiger partial charge in [0, 0.05) is 17.3 Å². The predicted octanol–water partition coefficient (Wildman–Crippen LogP) is 4.71. The molecule has 0 radical (unpaired) electrons. The molecule has 2 aromatic heterocycles. The topological polar surface area (TPSA) is 84.2 Å². The van der Waals surface area contributed by atoms with Gasteiger partial charge in [-0.1, -0.05) is 12.1 Å². The summed E-state index contributed by atoms with van der Waals surface area (Å²) in [6.45, 7) is 1.81. The number of anilines is 2. The number of fused-ring (bicyclic) bond motifs is 1. The van der Waals surface area contributed by atoms with Crippen LogP contribution in [0.2, 0.25) is 0 Å². The molecule has 4 rings (SSSR count). The van der Waals surface area contributed by atoms with Gasteiger partial charge in [-0.15, -0.1) is 15.3 Å². The second-order valence-corrected chi connectivity index (χ2v) is 6.96. The van der Waals surface area contributed by atoms with Gasteiger partial charge < -0.3 is 10.6 Å². The van der Waals surface area contributed by atoms with E-state index in [1.54, 1.807) is 24.3 Å². The van der Waals surface area contributed by atoms with Crippen molar-refractivity contribution in [3.63, 3.8) is 0 Å². The summed E-state index contributed by atoms with van der Waals surface area (Å²) in [5, 5.41) is 16.3. The Balaban J connectivity index is 1.45. The average Bonchev–Trinajstić information content (AvgIpc) is 3.18. The minimum atomic E-state index is -4.68. The molecule has 2 N–H and O–H groups in total. The van der Waals surface area contributed by atoms with E-state index < -0.39 is 17.8 Å². The molecule has 2 aromatic carbocycles. The Morgan fingerprint density at radius 3 is 2.31 bits per heavy atom. The lowest BCUT2D eigenvalue weighted by molar-refractivity contribution is -0.146. The van der Waals surface area contributed by atoms with Crippen LogP contribution in [0.1, 0.15) is 34.7 Å². The van der Waals surface area contributed by atoms with Gasteiger partial charge in [-0.25, -0.2) is 4.39 Å². The van der Waals surface area contributed by atoms with Gasteiger partial charge in [0.1, 0.15) is 11.6 Å². The highest BCUT2D eigenvalue weighted by Gasteiger charge is 2.37. The Labute approximate surface area is 179 Å². The summed E-state index contributed by atoms with van der Waals surface area (Å²) in [6.07, 6.45) is -4.68. The van der Waals surface area contributed by atoms with Crippen molar-refractivity contribution >= 4 is 23.1 Å². The van der Waals surface area contributed by atoms with Crippen LogP contribution in [-0.4, -0.2) is 25.7 Å². The first-order valence-corrected chi connectivity index (χ1v) is 9.44. The third-order valence-corrected chi connectivity index (χ3v) is 4.66. The van der Waals surface area contributed by atoms with Gasteiger partial charge in [0.25, 0.3) is 11.7 Å². The van der Waals surface area contributed by atoms with Crippen LogP contribution in [0, 0.1) is 5.82 Å². The van der Waals surface area contributed by atoms with Crippen LogP contribution in [0.25, 0.3) is 5.65 Å². The van der Waals surface area contributed by atoms with Crippen molar-refractivity contribution in [3.8, 4) is 0 Å². The maximum atomic E-state index is 13.0. The van der Waals surface area contributed by atoms with Gasteiger partial charge in [-0.05, 0) is 61.0 Å². The van der Waals surface area contributed by atoms with Gasteiger partial charge in [-0.2, -0.15) is 17.7 Å². The van der Waals surface area contributed by atoms with E-state index in [2.05, 4.69) is 25.9 Å². The van der Waals surface area contributed by atoms with Crippen LogP contribution in [0.4, 0.5) is 29.1 Å². The minimum Gasteiger partial charge on any atom is -0.362 e. The zero-order valence-electron chi connectivity index (χ0n) is 16.6. The van der Waals surface area contributed by atoms with E-state index in [0.717, 1.165) is 5.56 Å². The van der Waals surface area contributed by atoms with E-state index in [1.807, 2.05) is 6.92 Å². The summed E-state index contributed by atoms with van der Waals surface area (Å²) < 4.78 is 52.7. The molecule has 7 nitrogen and oxygen atoms in total. The molecule has 0 saturated heterocycles. The number of hydrogen-bond donors (Lipinski definition) is 2. The highest BCUT2D eigenvalue weighted by molar-refractivity contribution is 6.04. The fourth-order valence-corrected chi connectivity index (χ4v) is 3.01. The molecule has 4 aromatic rings. The zero-order chi connectivity index (χ0) is 22.9. The van der Waals surface area contributed by atoms with Crippen LogP contribution in [0.5, 0.6) is 0 Å². The second kappa shape index (κ2) is 8.25. The number of carbonyl (C=O) groups is 1. The molecule has 1 unspecified atom stereocenters. The molecule has 164 valence electrons. The Morgan fingerprint density at radius 2 is 1.66 bits per heavy atom. The molecule has 0 spiro atoms. The molecule has 0 bridgehead atoms. The summed E-state index contributed by atoms with van der Waals surface area (Å²) in [7, 11) is 0. The number of amides is 1. The molecule has 32 heavy (non-hydrogen) atoms. The molecular formula is C21H16F4N6O. The van der Waals surface area contributed by atoms with E-state index in [4.69, 9.17) is 0 Å². The standard InChI is InChI=1S/C21H16F4N6O/c1-12(26-17-10-11-18-28-29-20(21(23,24)25)31(18)30-17)13-4-8-16(9-5-13)27-19(32)14-2-6-15(22)7-3-14/h2-12H,1H3,(H,26,30)(H,27,32). The maximum absolute atomic E-state index is 13.0. The van der Waals surface area contributed by atoms with Crippen molar-refractivity contribution in [2.75, 3.05) is 10.6 Å². The van der Waals surface area contributed by atoms with Crippen molar-refractivity contribution in [3.05, 3.63) is 83.4 Å². The number of hydrogen-bond acceptors (Lipinski definition) is 5. The first kappa shape index (κ1) is 21.2. The monoisotopic (exact) mass is 444 g/mol. The fourth-order valence-electron chi connectivity index (χ4n) is 3.01. The van der Waals surface area contributed by atoms with Crippen molar-refractivity contribution in [1.82, 2.24) is 19.8 Å². The van der Waals surface area contributed by atoms with Crippen molar-refractivity contribution in [2.45, 2.75) is 19.1 Å². The highest BCUT2D eigenvalue weighted by Crippen LogP contribution is 2.28.